The molecule has 1 saturated heterocycles. The molecule has 1 aromatic heterocycles. The van der Waals surface area contributed by atoms with E-state index in [4.69, 9.17) is 4.74 Å². The third kappa shape index (κ3) is 3.03. The average Bonchev–Trinajstić information content (AvgIpc) is 3.10. The number of hydrogen-bond acceptors (Lipinski definition) is 4. The van der Waals surface area contributed by atoms with Crippen LogP contribution < -0.4 is 10.3 Å². The fourth-order valence-corrected chi connectivity index (χ4v) is 4.38. The molecule has 6 nitrogen and oxygen atoms in total. The van der Waals surface area contributed by atoms with E-state index in [-0.39, 0.29) is 23.5 Å². The first kappa shape index (κ1) is 16.5. The van der Waals surface area contributed by atoms with E-state index in [9.17, 15) is 9.59 Å². The van der Waals surface area contributed by atoms with Crippen LogP contribution in [0.4, 0.5) is 0 Å². The molecule has 1 fully saturated rings. The third-order valence-electron chi connectivity index (χ3n) is 5.92. The van der Waals surface area contributed by atoms with Gasteiger partial charge in [-0.3, -0.25) is 9.59 Å². The van der Waals surface area contributed by atoms with Crippen molar-refractivity contribution in [3.8, 4) is 5.75 Å². The summed E-state index contributed by atoms with van der Waals surface area (Å²) in [7, 11) is 0. The zero-order valence-electron chi connectivity index (χ0n) is 15.3. The Kier molecular flexibility index (Phi) is 3.99. The van der Waals surface area contributed by atoms with Crippen LogP contribution in [-0.2, 0) is 30.6 Å². The smallest absolute Gasteiger partial charge is 0.267 e. The lowest BCUT2D eigenvalue weighted by molar-refractivity contribution is -0.146. The molecule has 2 aromatic rings. The Morgan fingerprint density at radius 1 is 1.15 bits per heavy atom. The summed E-state index contributed by atoms with van der Waals surface area (Å²) in [4.78, 5) is 26.8. The van der Waals surface area contributed by atoms with Crippen LogP contribution in [-0.4, -0.2) is 39.8 Å². The molecule has 1 unspecified atom stereocenters. The second-order valence-electron chi connectivity index (χ2n) is 7.85. The number of benzene rings is 1. The van der Waals surface area contributed by atoms with Gasteiger partial charge in [0.25, 0.3) is 11.5 Å². The number of para-hydroxylation sites is 1. The van der Waals surface area contributed by atoms with Crippen molar-refractivity contribution >= 4 is 5.91 Å². The Balaban J connectivity index is 1.19. The van der Waals surface area contributed by atoms with E-state index in [1.54, 1.807) is 10.7 Å². The van der Waals surface area contributed by atoms with Crippen LogP contribution in [0.3, 0.4) is 0 Å². The molecule has 2 aliphatic heterocycles. The predicted molar refractivity (Wildman–Crippen MR) is 99.8 cm³/mol. The van der Waals surface area contributed by atoms with Crippen LogP contribution in [0, 0.1) is 5.92 Å². The van der Waals surface area contributed by atoms with Gasteiger partial charge >= 0.3 is 0 Å². The van der Waals surface area contributed by atoms with Gasteiger partial charge in [0.05, 0.1) is 12.2 Å². The molecule has 0 bridgehead atoms. The molecule has 6 heteroatoms. The highest BCUT2D eigenvalue weighted by Gasteiger charge is 2.37. The Bertz CT molecular complexity index is 946. The topological polar surface area (TPSA) is 64.4 Å². The zero-order chi connectivity index (χ0) is 18.4. The van der Waals surface area contributed by atoms with Gasteiger partial charge in [-0.25, -0.2) is 4.68 Å². The van der Waals surface area contributed by atoms with Crippen molar-refractivity contribution in [2.75, 3.05) is 13.1 Å². The molecule has 5 rings (SSSR count). The summed E-state index contributed by atoms with van der Waals surface area (Å²) in [6.45, 7) is 1.93. The minimum absolute atomic E-state index is 0.0207. The van der Waals surface area contributed by atoms with Gasteiger partial charge in [-0.05, 0) is 49.3 Å². The summed E-state index contributed by atoms with van der Waals surface area (Å²) in [6.07, 6.45) is 4.23. The summed E-state index contributed by atoms with van der Waals surface area (Å²) < 4.78 is 7.50. The molecule has 1 amide bonds. The lowest BCUT2D eigenvalue weighted by Crippen LogP contribution is -2.56. The van der Waals surface area contributed by atoms with Gasteiger partial charge in [0.2, 0.25) is 0 Å². The van der Waals surface area contributed by atoms with E-state index in [1.165, 1.54) is 5.56 Å². The number of aromatic nitrogens is 2. The number of aryl methyl sites for hydroxylation is 3. The second-order valence-corrected chi connectivity index (χ2v) is 7.85. The van der Waals surface area contributed by atoms with Crippen LogP contribution in [0.15, 0.2) is 35.1 Å². The minimum Gasteiger partial charge on any atom is -0.480 e. The Hall–Kier alpha value is -2.63. The van der Waals surface area contributed by atoms with Gasteiger partial charge in [0.1, 0.15) is 5.75 Å². The summed E-state index contributed by atoms with van der Waals surface area (Å²) in [5.74, 6) is 1.18. The molecule has 3 heterocycles. The van der Waals surface area contributed by atoms with Crippen molar-refractivity contribution in [2.24, 2.45) is 5.92 Å². The highest BCUT2D eigenvalue weighted by molar-refractivity contribution is 5.82. The number of ether oxygens (including phenoxy) is 1. The van der Waals surface area contributed by atoms with Crippen molar-refractivity contribution < 1.29 is 9.53 Å². The van der Waals surface area contributed by atoms with E-state index in [1.807, 2.05) is 23.1 Å². The molecule has 0 radical (unpaired) electrons. The SMILES string of the molecule is O=C(C1CCc2ccccc2O1)N1CC(Cn2nc3c(cc2=O)CCC3)C1. The largest absolute Gasteiger partial charge is 0.480 e. The molecule has 1 atom stereocenters. The lowest BCUT2D eigenvalue weighted by atomic mass is 9.96. The van der Waals surface area contributed by atoms with Crippen LogP contribution in [0.2, 0.25) is 0 Å². The van der Waals surface area contributed by atoms with Crippen molar-refractivity contribution in [1.82, 2.24) is 14.7 Å². The minimum atomic E-state index is -0.387. The fraction of sp³-hybridized carbons (Fsp3) is 0.476. The number of fused-ring (bicyclic) bond motifs is 2. The Morgan fingerprint density at radius 2 is 2.00 bits per heavy atom. The maximum absolute atomic E-state index is 12.7. The predicted octanol–water partition coefficient (Wildman–Crippen LogP) is 1.58. The number of amides is 1. The number of carbonyl (C=O) groups excluding carboxylic acids is 1. The first-order chi connectivity index (χ1) is 13.2. The number of carbonyl (C=O) groups is 1. The maximum atomic E-state index is 12.7. The maximum Gasteiger partial charge on any atom is 0.267 e. The molecule has 0 spiro atoms. The van der Waals surface area contributed by atoms with Gasteiger partial charge < -0.3 is 9.64 Å². The van der Waals surface area contributed by atoms with E-state index in [2.05, 4.69) is 11.2 Å². The van der Waals surface area contributed by atoms with Gasteiger partial charge in [-0.15, -0.1) is 0 Å². The second kappa shape index (κ2) is 6.51. The van der Waals surface area contributed by atoms with Gasteiger partial charge in [0, 0.05) is 25.1 Å². The van der Waals surface area contributed by atoms with Gasteiger partial charge in [-0.2, -0.15) is 5.10 Å². The standard InChI is InChI=1S/C21H23N3O3/c25-20-10-16-5-3-6-17(16)22-24(20)13-14-11-23(12-14)21(26)19-9-8-15-4-1-2-7-18(15)27-19/h1-2,4,7,10,14,19H,3,5-6,8-9,11-13H2. The van der Waals surface area contributed by atoms with Gasteiger partial charge in [-0.1, -0.05) is 18.2 Å². The summed E-state index contributed by atoms with van der Waals surface area (Å²) in [6, 6.07) is 9.66. The van der Waals surface area contributed by atoms with E-state index in [0.717, 1.165) is 49.1 Å². The van der Waals surface area contributed by atoms with E-state index < -0.39 is 0 Å². The first-order valence-electron chi connectivity index (χ1n) is 9.80. The summed E-state index contributed by atoms with van der Waals surface area (Å²) >= 11 is 0. The van der Waals surface area contributed by atoms with E-state index in [0.29, 0.717) is 19.6 Å². The number of likely N-dealkylation sites (tertiary alicyclic amines) is 1. The lowest BCUT2D eigenvalue weighted by Gasteiger charge is -2.41. The molecule has 140 valence electrons. The normalized spacial score (nSPS) is 21.2. The molecule has 3 aliphatic rings. The van der Waals surface area contributed by atoms with Crippen LogP contribution in [0.25, 0.3) is 0 Å². The molecule has 27 heavy (non-hydrogen) atoms. The molecular formula is C21H23N3O3. The van der Waals surface area contributed by atoms with E-state index >= 15 is 0 Å². The zero-order valence-corrected chi connectivity index (χ0v) is 15.3. The fourth-order valence-electron chi connectivity index (χ4n) is 4.38. The van der Waals surface area contributed by atoms with Crippen molar-refractivity contribution in [1.29, 1.82) is 0 Å². The third-order valence-corrected chi connectivity index (χ3v) is 5.92. The van der Waals surface area contributed by atoms with Crippen molar-refractivity contribution in [3.63, 3.8) is 0 Å². The molecule has 1 aliphatic carbocycles. The molecule has 1 aromatic carbocycles. The van der Waals surface area contributed by atoms with Crippen LogP contribution in [0.5, 0.6) is 5.75 Å². The Morgan fingerprint density at radius 3 is 2.89 bits per heavy atom. The van der Waals surface area contributed by atoms with Crippen molar-refractivity contribution in [2.45, 2.75) is 44.8 Å². The molecular weight excluding hydrogens is 342 g/mol. The molecule has 0 saturated carbocycles. The molecule has 0 N–H and O–H groups in total. The average molecular weight is 365 g/mol. The number of nitrogens with zero attached hydrogens (tertiary/aromatic N) is 3. The highest BCUT2D eigenvalue weighted by atomic mass is 16.5. The van der Waals surface area contributed by atoms with Gasteiger partial charge in [0.15, 0.2) is 6.10 Å². The first-order valence-corrected chi connectivity index (χ1v) is 9.80. The van der Waals surface area contributed by atoms with Crippen LogP contribution in [0.1, 0.15) is 29.7 Å². The summed E-state index contributed by atoms with van der Waals surface area (Å²) in [5.41, 5.74) is 3.32. The van der Waals surface area contributed by atoms with Crippen LogP contribution >= 0.6 is 0 Å². The summed E-state index contributed by atoms with van der Waals surface area (Å²) in [5, 5.41) is 4.54. The number of hydrogen-bond donors (Lipinski definition) is 0. The monoisotopic (exact) mass is 365 g/mol. The van der Waals surface area contributed by atoms with Crippen molar-refractivity contribution in [3.05, 3.63) is 57.5 Å². The quantitative estimate of drug-likeness (QED) is 0.829. The number of rotatable bonds is 3. The Labute approximate surface area is 157 Å². The highest BCUT2D eigenvalue weighted by Crippen LogP contribution is 2.29.